The monoisotopic (exact) mass is 549 g/mol. The molecule has 10 heteroatoms. The van der Waals surface area contributed by atoms with Gasteiger partial charge in [0.2, 0.25) is 11.8 Å². The number of rotatable bonds is 15. The number of nitrogens with one attached hydrogen (secondary N) is 2. The smallest absolute Gasteiger partial charge is 0.408 e. The lowest BCUT2D eigenvalue weighted by atomic mass is 9.95. The lowest BCUT2D eigenvalue weighted by molar-refractivity contribution is -0.145. The number of phenols is 1. The molecule has 39 heavy (non-hydrogen) atoms. The molecule has 0 aliphatic heterocycles. The second-order valence-corrected chi connectivity index (χ2v) is 10.7. The van der Waals surface area contributed by atoms with Crippen LogP contribution in [0.15, 0.2) is 24.3 Å². The van der Waals surface area contributed by atoms with Crippen molar-refractivity contribution in [3.8, 4) is 5.75 Å². The van der Waals surface area contributed by atoms with Gasteiger partial charge in [0.05, 0.1) is 7.11 Å². The van der Waals surface area contributed by atoms with Gasteiger partial charge in [0.15, 0.2) is 0 Å². The molecule has 0 fully saturated rings. The lowest BCUT2D eigenvalue weighted by Crippen LogP contribution is -2.55. The molecule has 0 heterocycles. The molecule has 1 rings (SSSR count). The number of esters is 1. The highest BCUT2D eigenvalue weighted by atomic mass is 16.6. The number of carbonyl (C=O) groups is 4. The number of benzene rings is 1. The number of phenolic OH excluding ortho intramolecular Hbond substituents is 1. The second kappa shape index (κ2) is 16.6. The van der Waals surface area contributed by atoms with E-state index in [0.29, 0.717) is 18.4 Å². The van der Waals surface area contributed by atoms with Crippen LogP contribution in [0.25, 0.3) is 0 Å². The van der Waals surface area contributed by atoms with E-state index in [2.05, 4.69) is 22.3 Å². The SMILES string of the molecule is CCCCCCCN(C(=O)C(NC(=O)OC(C)(C)C)C(C)CC)C(C(=O)NCC(=O)OC)c1ccc(O)cc1. The molecule has 1 aromatic carbocycles. The molecule has 0 bridgehead atoms. The Bertz CT molecular complexity index is 928. The summed E-state index contributed by atoms with van der Waals surface area (Å²) in [6.45, 7) is 11.0. The lowest BCUT2D eigenvalue weighted by Gasteiger charge is -2.36. The van der Waals surface area contributed by atoms with Gasteiger partial charge in [-0.15, -0.1) is 0 Å². The van der Waals surface area contributed by atoms with Crippen LogP contribution in [0.5, 0.6) is 5.75 Å². The predicted molar refractivity (Wildman–Crippen MR) is 149 cm³/mol. The van der Waals surface area contributed by atoms with Crippen LogP contribution >= 0.6 is 0 Å². The van der Waals surface area contributed by atoms with E-state index < -0.39 is 41.6 Å². The minimum Gasteiger partial charge on any atom is -0.508 e. The number of hydrogen-bond donors (Lipinski definition) is 3. The molecule has 10 nitrogen and oxygen atoms in total. The van der Waals surface area contributed by atoms with Gasteiger partial charge in [-0.05, 0) is 50.8 Å². The Balaban J connectivity index is 3.48. The molecule has 3 unspecified atom stereocenters. The van der Waals surface area contributed by atoms with Crippen molar-refractivity contribution in [1.29, 1.82) is 0 Å². The van der Waals surface area contributed by atoms with Crippen molar-refractivity contribution >= 4 is 23.9 Å². The Morgan fingerprint density at radius 2 is 1.62 bits per heavy atom. The van der Waals surface area contributed by atoms with Gasteiger partial charge in [0.25, 0.3) is 0 Å². The summed E-state index contributed by atoms with van der Waals surface area (Å²) in [4.78, 5) is 53.6. The summed E-state index contributed by atoms with van der Waals surface area (Å²) in [5.41, 5.74) is -0.300. The zero-order chi connectivity index (χ0) is 29.6. The average Bonchev–Trinajstić information content (AvgIpc) is 2.88. The molecule has 220 valence electrons. The number of alkyl carbamates (subject to hydrolysis) is 1. The number of aromatic hydroxyl groups is 1. The second-order valence-electron chi connectivity index (χ2n) is 10.7. The van der Waals surface area contributed by atoms with Crippen molar-refractivity contribution in [2.45, 2.75) is 97.8 Å². The number of amides is 3. The molecular formula is C29H47N3O7. The van der Waals surface area contributed by atoms with Gasteiger partial charge >= 0.3 is 12.1 Å². The van der Waals surface area contributed by atoms with Crippen molar-refractivity contribution in [2.75, 3.05) is 20.2 Å². The van der Waals surface area contributed by atoms with E-state index in [1.165, 1.54) is 24.1 Å². The largest absolute Gasteiger partial charge is 0.508 e. The van der Waals surface area contributed by atoms with Crippen LogP contribution in [0.2, 0.25) is 0 Å². The highest BCUT2D eigenvalue weighted by molar-refractivity contribution is 5.93. The van der Waals surface area contributed by atoms with Gasteiger partial charge in [-0.3, -0.25) is 14.4 Å². The number of unbranched alkanes of at least 4 members (excludes halogenated alkanes) is 4. The maximum atomic E-state index is 14.2. The molecule has 0 aromatic heterocycles. The molecule has 0 aliphatic rings. The van der Waals surface area contributed by atoms with Gasteiger partial charge < -0.3 is 30.1 Å². The summed E-state index contributed by atoms with van der Waals surface area (Å²) in [7, 11) is 1.22. The number of methoxy groups -OCH3 is 1. The van der Waals surface area contributed by atoms with Crippen LogP contribution in [0.3, 0.4) is 0 Å². The molecule has 0 aliphatic carbocycles. The van der Waals surface area contributed by atoms with E-state index in [0.717, 1.165) is 25.7 Å². The standard InChI is InChI=1S/C29H47N3O7/c1-8-10-11-12-13-18-32(27(36)24(20(3)9-2)31-28(37)39-29(4,5)6)25(21-14-16-22(33)17-15-21)26(35)30-19-23(34)38-7/h14-17,20,24-25,33H,8-13,18-19H2,1-7H3,(H,30,35)(H,31,37). The third kappa shape index (κ3) is 12.0. The summed E-state index contributed by atoms with van der Waals surface area (Å²) in [5.74, 6) is -1.89. The number of ether oxygens (including phenoxy) is 2. The molecule has 3 atom stereocenters. The van der Waals surface area contributed by atoms with Crippen molar-refractivity contribution in [1.82, 2.24) is 15.5 Å². The van der Waals surface area contributed by atoms with Gasteiger partial charge in [-0.2, -0.15) is 0 Å². The van der Waals surface area contributed by atoms with Crippen molar-refractivity contribution < 1.29 is 33.8 Å². The maximum Gasteiger partial charge on any atom is 0.408 e. The molecule has 3 N–H and O–H groups in total. The van der Waals surface area contributed by atoms with Gasteiger partial charge in [0, 0.05) is 6.54 Å². The van der Waals surface area contributed by atoms with Crippen molar-refractivity contribution in [3.63, 3.8) is 0 Å². The molecule has 1 aromatic rings. The number of carbonyl (C=O) groups excluding carboxylic acids is 4. The first kappa shape index (κ1) is 33.7. The van der Waals surface area contributed by atoms with E-state index in [1.54, 1.807) is 32.9 Å². The first-order chi connectivity index (χ1) is 18.3. The molecule has 0 saturated carbocycles. The van der Waals surface area contributed by atoms with Crippen LogP contribution in [0, 0.1) is 5.92 Å². The first-order valence-electron chi connectivity index (χ1n) is 13.8. The Morgan fingerprint density at radius 3 is 2.15 bits per heavy atom. The Kier molecular flexibility index (Phi) is 14.4. The number of hydrogen-bond acceptors (Lipinski definition) is 7. The van der Waals surface area contributed by atoms with E-state index in [-0.39, 0.29) is 24.8 Å². The third-order valence-corrected chi connectivity index (χ3v) is 6.34. The van der Waals surface area contributed by atoms with Crippen molar-refractivity contribution in [2.24, 2.45) is 5.92 Å². The highest BCUT2D eigenvalue weighted by Crippen LogP contribution is 2.27. The van der Waals surface area contributed by atoms with Crippen LogP contribution in [0.1, 0.15) is 91.7 Å². The number of nitrogens with zero attached hydrogens (tertiary/aromatic N) is 1. The van der Waals surface area contributed by atoms with Gasteiger partial charge in [-0.1, -0.05) is 65.0 Å². The topological polar surface area (TPSA) is 134 Å². The normalized spacial score (nSPS) is 13.5. The van der Waals surface area contributed by atoms with E-state index in [9.17, 15) is 24.3 Å². The fraction of sp³-hybridized carbons (Fsp3) is 0.655. The van der Waals surface area contributed by atoms with Crippen molar-refractivity contribution in [3.05, 3.63) is 29.8 Å². The maximum absolute atomic E-state index is 14.2. The Hall–Kier alpha value is -3.30. The van der Waals surface area contributed by atoms with Crippen LogP contribution < -0.4 is 10.6 Å². The minimum atomic E-state index is -1.11. The zero-order valence-corrected chi connectivity index (χ0v) is 24.5. The fourth-order valence-electron chi connectivity index (χ4n) is 4.01. The Labute approximate surface area is 232 Å². The summed E-state index contributed by atoms with van der Waals surface area (Å²) < 4.78 is 10.1. The first-order valence-corrected chi connectivity index (χ1v) is 13.8. The van der Waals surface area contributed by atoms with Crippen LogP contribution in [-0.4, -0.2) is 65.7 Å². The van der Waals surface area contributed by atoms with E-state index in [1.807, 2.05) is 13.8 Å². The van der Waals surface area contributed by atoms with Gasteiger partial charge in [-0.25, -0.2) is 4.79 Å². The molecule has 0 saturated heterocycles. The molecule has 0 radical (unpaired) electrons. The predicted octanol–water partition coefficient (Wildman–Crippen LogP) is 4.46. The Morgan fingerprint density at radius 1 is 1.00 bits per heavy atom. The average molecular weight is 550 g/mol. The minimum absolute atomic E-state index is 0.00832. The van der Waals surface area contributed by atoms with Gasteiger partial charge in [0.1, 0.15) is 30.0 Å². The third-order valence-electron chi connectivity index (χ3n) is 6.34. The summed E-state index contributed by atoms with van der Waals surface area (Å²) in [6.07, 6.45) is 4.48. The summed E-state index contributed by atoms with van der Waals surface area (Å²) in [5, 5.41) is 15.1. The van der Waals surface area contributed by atoms with E-state index in [4.69, 9.17) is 4.74 Å². The summed E-state index contributed by atoms with van der Waals surface area (Å²) in [6, 6.07) is 3.94. The molecule has 3 amide bonds. The van der Waals surface area contributed by atoms with E-state index >= 15 is 0 Å². The van der Waals surface area contributed by atoms with Crippen LogP contribution in [-0.2, 0) is 23.9 Å². The van der Waals surface area contributed by atoms with Crippen LogP contribution in [0.4, 0.5) is 4.79 Å². The molecular weight excluding hydrogens is 502 g/mol. The molecule has 0 spiro atoms. The quantitative estimate of drug-likeness (QED) is 0.217. The highest BCUT2D eigenvalue weighted by Gasteiger charge is 2.38. The summed E-state index contributed by atoms with van der Waals surface area (Å²) >= 11 is 0. The fourth-order valence-corrected chi connectivity index (χ4v) is 4.01. The zero-order valence-electron chi connectivity index (χ0n) is 24.5.